The van der Waals surface area contributed by atoms with Gasteiger partial charge in [0.15, 0.2) is 5.76 Å². The van der Waals surface area contributed by atoms with E-state index in [2.05, 4.69) is 49.1 Å². The van der Waals surface area contributed by atoms with Crippen LogP contribution < -0.4 is 5.32 Å². The van der Waals surface area contributed by atoms with Crippen LogP contribution in [0.1, 0.15) is 39.1 Å². The van der Waals surface area contributed by atoms with Crippen molar-refractivity contribution in [3.63, 3.8) is 0 Å². The summed E-state index contributed by atoms with van der Waals surface area (Å²) in [6, 6.07) is 2.49. The fourth-order valence-corrected chi connectivity index (χ4v) is 2.39. The fourth-order valence-electron chi connectivity index (χ4n) is 2.39. The molecule has 5 heteroatoms. The highest BCUT2D eigenvalue weighted by Crippen LogP contribution is 2.16. The SMILES string of the molecule is CC(C)CNCc1cc(CN2CC(C)OCC2C)on1. The quantitative estimate of drug-likeness (QED) is 0.864. The Hall–Kier alpha value is -0.910. The summed E-state index contributed by atoms with van der Waals surface area (Å²) in [6.07, 6.45) is 0.293. The van der Waals surface area contributed by atoms with Crippen LogP contribution in [-0.2, 0) is 17.8 Å². The molecule has 20 heavy (non-hydrogen) atoms. The Morgan fingerprint density at radius 3 is 3.00 bits per heavy atom. The molecule has 1 aromatic rings. The third-order valence-electron chi connectivity index (χ3n) is 3.56. The van der Waals surface area contributed by atoms with E-state index in [1.54, 1.807) is 0 Å². The summed E-state index contributed by atoms with van der Waals surface area (Å²) in [5.74, 6) is 1.59. The monoisotopic (exact) mass is 281 g/mol. The van der Waals surface area contributed by atoms with Crippen LogP contribution >= 0.6 is 0 Å². The Kier molecular flexibility index (Phi) is 5.57. The lowest BCUT2D eigenvalue weighted by Crippen LogP contribution is -2.46. The second-order valence-electron chi connectivity index (χ2n) is 6.23. The van der Waals surface area contributed by atoms with Crippen molar-refractivity contribution >= 4 is 0 Å². The standard InChI is InChI=1S/C15H27N3O2/c1-11(2)6-16-7-14-5-15(20-17-14)9-18-8-13(4)19-10-12(18)3/h5,11-13,16H,6-10H2,1-4H3. The molecular formula is C15H27N3O2. The fraction of sp³-hybridized carbons (Fsp3) is 0.800. The van der Waals surface area contributed by atoms with Gasteiger partial charge in [0.05, 0.1) is 24.9 Å². The summed E-state index contributed by atoms with van der Waals surface area (Å²) < 4.78 is 11.1. The lowest BCUT2D eigenvalue weighted by molar-refractivity contribution is -0.0550. The molecule has 0 aromatic carbocycles. The summed E-state index contributed by atoms with van der Waals surface area (Å²) in [6.45, 7) is 13.0. The van der Waals surface area contributed by atoms with Gasteiger partial charge in [-0.1, -0.05) is 19.0 Å². The summed E-state index contributed by atoms with van der Waals surface area (Å²) >= 11 is 0. The molecule has 0 radical (unpaired) electrons. The van der Waals surface area contributed by atoms with Crippen LogP contribution in [0.4, 0.5) is 0 Å². The van der Waals surface area contributed by atoms with Gasteiger partial charge in [-0.05, 0) is 26.3 Å². The largest absolute Gasteiger partial charge is 0.376 e. The van der Waals surface area contributed by atoms with Crippen molar-refractivity contribution in [1.29, 1.82) is 0 Å². The van der Waals surface area contributed by atoms with E-state index in [4.69, 9.17) is 9.26 Å². The summed E-state index contributed by atoms with van der Waals surface area (Å²) in [7, 11) is 0. The van der Waals surface area contributed by atoms with Gasteiger partial charge in [0.25, 0.3) is 0 Å². The Morgan fingerprint density at radius 2 is 2.25 bits per heavy atom. The van der Waals surface area contributed by atoms with Gasteiger partial charge in [-0.15, -0.1) is 0 Å². The molecule has 1 N–H and O–H groups in total. The van der Waals surface area contributed by atoms with E-state index in [-0.39, 0.29) is 0 Å². The Balaban J connectivity index is 1.82. The Labute approximate surface area is 121 Å². The first-order valence-electron chi connectivity index (χ1n) is 7.55. The normalized spacial score (nSPS) is 24.4. The van der Waals surface area contributed by atoms with E-state index in [0.29, 0.717) is 18.1 Å². The number of aromatic nitrogens is 1. The predicted molar refractivity (Wildman–Crippen MR) is 78.3 cm³/mol. The molecule has 5 nitrogen and oxygen atoms in total. The zero-order chi connectivity index (χ0) is 14.5. The van der Waals surface area contributed by atoms with Crippen molar-refractivity contribution < 1.29 is 9.26 Å². The average Bonchev–Trinajstić information content (AvgIpc) is 2.81. The molecule has 1 aliphatic heterocycles. The molecule has 0 saturated carbocycles. The Morgan fingerprint density at radius 1 is 1.45 bits per heavy atom. The molecule has 1 fully saturated rings. The number of nitrogens with zero attached hydrogens (tertiary/aromatic N) is 2. The molecule has 0 spiro atoms. The summed E-state index contributed by atoms with van der Waals surface area (Å²) in [4.78, 5) is 2.39. The van der Waals surface area contributed by atoms with Crippen LogP contribution in [0, 0.1) is 5.92 Å². The highest BCUT2D eigenvalue weighted by Gasteiger charge is 2.24. The van der Waals surface area contributed by atoms with Crippen molar-refractivity contribution in [2.75, 3.05) is 19.7 Å². The first-order chi connectivity index (χ1) is 9.54. The van der Waals surface area contributed by atoms with Crippen LogP contribution in [0.5, 0.6) is 0 Å². The van der Waals surface area contributed by atoms with Crippen LogP contribution in [-0.4, -0.2) is 41.9 Å². The van der Waals surface area contributed by atoms with E-state index >= 15 is 0 Å². The van der Waals surface area contributed by atoms with Crippen molar-refractivity contribution in [2.24, 2.45) is 5.92 Å². The first kappa shape index (κ1) is 15.5. The van der Waals surface area contributed by atoms with Crippen molar-refractivity contribution in [3.8, 4) is 0 Å². The molecule has 0 bridgehead atoms. The van der Waals surface area contributed by atoms with Gasteiger partial charge in [-0.3, -0.25) is 4.90 Å². The number of rotatable bonds is 6. The van der Waals surface area contributed by atoms with Gasteiger partial charge in [-0.25, -0.2) is 0 Å². The highest BCUT2D eigenvalue weighted by atomic mass is 16.5. The van der Waals surface area contributed by atoms with Crippen molar-refractivity contribution in [1.82, 2.24) is 15.4 Å². The minimum Gasteiger partial charge on any atom is -0.376 e. The van der Waals surface area contributed by atoms with E-state index in [1.807, 2.05) is 0 Å². The second kappa shape index (κ2) is 7.20. The van der Waals surface area contributed by atoms with E-state index < -0.39 is 0 Å². The summed E-state index contributed by atoms with van der Waals surface area (Å²) in [5, 5.41) is 7.50. The van der Waals surface area contributed by atoms with Crippen LogP contribution in [0.15, 0.2) is 10.6 Å². The molecule has 2 rings (SSSR count). The molecule has 1 saturated heterocycles. The molecule has 0 aliphatic carbocycles. The van der Waals surface area contributed by atoms with Gasteiger partial charge in [0.1, 0.15) is 0 Å². The van der Waals surface area contributed by atoms with E-state index in [0.717, 1.165) is 44.2 Å². The predicted octanol–water partition coefficient (Wildman–Crippen LogP) is 2.03. The number of nitrogens with one attached hydrogen (secondary N) is 1. The third kappa shape index (κ3) is 4.58. The number of ether oxygens (including phenoxy) is 1. The van der Waals surface area contributed by atoms with Gasteiger partial charge in [0.2, 0.25) is 0 Å². The van der Waals surface area contributed by atoms with Crippen molar-refractivity contribution in [2.45, 2.75) is 52.9 Å². The molecule has 0 amide bonds. The van der Waals surface area contributed by atoms with Crippen LogP contribution in [0.25, 0.3) is 0 Å². The topological polar surface area (TPSA) is 50.5 Å². The van der Waals surface area contributed by atoms with Crippen LogP contribution in [0.3, 0.4) is 0 Å². The lowest BCUT2D eigenvalue weighted by atomic mass is 10.2. The molecule has 114 valence electrons. The highest BCUT2D eigenvalue weighted by molar-refractivity contribution is 5.05. The molecule has 2 heterocycles. The first-order valence-corrected chi connectivity index (χ1v) is 7.55. The smallest absolute Gasteiger partial charge is 0.151 e. The van der Waals surface area contributed by atoms with E-state index in [1.165, 1.54) is 0 Å². The lowest BCUT2D eigenvalue weighted by Gasteiger charge is -2.35. The number of hydrogen-bond donors (Lipinski definition) is 1. The minimum atomic E-state index is 0.293. The zero-order valence-corrected chi connectivity index (χ0v) is 13.1. The molecule has 2 unspecified atom stereocenters. The molecular weight excluding hydrogens is 254 g/mol. The second-order valence-corrected chi connectivity index (χ2v) is 6.23. The minimum absolute atomic E-state index is 0.293. The number of morpholine rings is 1. The average molecular weight is 281 g/mol. The van der Waals surface area contributed by atoms with Gasteiger partial charge >= 0.3 is 0 Å². The third-order valence-corrected chi connectivity index (χ3v) is 3.56. The maximum atomic E-state index is 5.64. The maximum absolute atomic E-state index is 5.64. The van der Waals surface area contributed by atoms with Gasteiger partial charge in [-0.2, -0.15) is 0 Å². The van der Waals surface area contributed by atoms with Crippen LogP contribution in [0.2, 0.25) is 0 Å². The molecule has 1 aliphatic rings. The van der Waals surface area contributed by atoms with Gasteiger partial charge < -0.3 is 14.6 Å². The van der Waals surface area contributed by atoms with E-state index in [9.17, 15) is 0 Å². The maximum Gasteiger partial charge on any atom is 0.151 e. The summed E-state index contributed by atoms with van der Waals surface area (Å²) in [5.41, 5.74) is 0.981. The zero-order valence-electron chi connectivity index (χ0n) is 13.1. The molecule has 1 aromatic heterocycles. The van der Waals surface area contributed by atoms with Gasteiger partial charge in [0, 0.05) is 25.2 Å². The number of hydrogen-bond acceptors (Lipinski definition) is 5. The Bertz CT molecular complexity index is 406. The van der Waals surface area contributed by atoms with Crippen molar-refractivity contribution in [3.05, 3.63) is 17.5 Å². The molecule has 2 atom stereocenters.